The maximum atomic E-state index is 12.8. The van der Waals surface area contributed by atoms with Gasteiger partial charge in [0.2, 0.25) is 5.91 Å². The minimum absolute atomic E-state index is 0.0568. The van der Waals surface area contributed by atoms with Crippen molar-refractivity contribution in [2.45, 2.75) is 45.0 Å². The Bertz CT molecular complexity index is 380. The Morgan fingerprint density at radius 3 is 2.62 bits per heavy atom. The van der Waals surface area contributed by atoms with Crippen LogP contribution in [0.1, 0.15) is 33.1 Å². The fourth-order valence-electron chi connectivity index (χ4n) is 3.25. The zero-order valence-corrected chi connectivity index (χ0v) is 13.8. The van der Waals surface area contributed by atoms with Crippen molar-refractivity contribution in [2.24, 2.45) is 11.8 Å². The fourth-order valence-corrected chi connectivity index (χ4v) is 3.49. The third-order valence-corrected chi connectivity index (χ3v) is 4.57. The van der Waals surface area contributed by atoms with E-state index in [9.17, 15) is 4.79 Å². The molecule has 0 saturated carbocycles. The molecule has 21 heavy (non-hydrogen) atoms. The molecular formula is C16H26ClNO3. The van der Waals surface area contributed by atoms with Crippen LogP contribution in [0.5, 0.6) is 0 Å². The molecule has 0 unspecified atom stereocenters. The molecule has 0 aromatic rings. The standard InChI is InChI=1S/C16H26ClNO3/c1-4-12(14-11-20-16(2,3)21-14)13(7-8-17)15(19)18-9-5-6-10-18/h4,12-14H,1,5-11H2,2-3H3/t12-,13-,14-/m1/s1. The van der Waals surface area contributed by atoms with E-state index >= 15 is 0 Å². The van der Waals surface area contributed by atoms with E-state index in [0.717, 1.165) is 25.9 Å². The molecule has 0 N–H and O–H groups in total. The molecule has 0 aromatic heterocycles. The maximum absolute atomic E-state index is 12.8. The van der Waals surface area contributed by atoms with E-state index in [0.29, 0.717) is 18.9 Å². The summed E-state index contributed by atoms with van der Waals surface area (Å²) in [6.45, 7) is 9.91. The quantitative estimate of drug-likeness (QED) is 0.559. The normalized spacial score (nSPS) is 27.6. The number of ether oxygens (including phenoxy) is 2. The number of nitrogens with zero attached hydrogens (tertiary/aromatic N) is 1. The van der Waals surface area contributed by atoms with E-state index in [1.165, 1.54) is 0 Å². The smallest absolute Gasteiger partial charge is 0.226 e. The third-order valence-electron chi connectivity index (χ3n) is 4.35. The molecule has 0 aliphatic carbocycles. The number of amides is 1. The first kappa shape index (κ1) is 16.8. The van der Waals surface area contributed by atoms with Gasteiger partial charge in [-0.25, -0.2) is 0 Å². The van der Waals surface area contributed by atoms with Crippen LogP contribution in [0, 0.1) is 11.8 Å². The number of rotatable bonds is 6. The van der Waals surface area contributed by atoms with Crippen molar-refractivity contribution in [3.63, 3.8) is 0 Å². The molecule has 0 radical (unpaired) electrons. The molecule has 1 amide bonds. The van der Waals surface area contributed by atoms with Crippen LogP contribution < -0.4 is 0 Å². The second kappa shape index (κ2) is 7.12. The first-order valence-corrected chi connectivity index (χ1v) is 8.31. The molecule has 0 bridgehead atoms. The van der Waals surface area contributed by atoms with Crippen LogP contribution in [-0.2, 0) is 14.3 Å². The average Bonchev–Trinajstić information content (AvgIpc) is 3.07. The predicted octanol–water partition coefficient (Wildman–Crippen LogP) is 2.81. The highest BCUT2D eigenvalue weighted by Crippen LogP contribution is 2.33. The molecule has 2 saturated heterocycles. The van der Waals surface area contributed by atoms with Gasteiger partial charge in [-0.05, 0) is 33.1 Å². The number of carbonyl (C=O) groups is 1. The summed E-state index contributed by atoms with van der Waals surface area (Å²) in [4.78, 5) is 14.7. The monoisotopic (exact) mass is 315 g/mol. The van der Waals surface area contributed by atoms with Crippen LogP contribution in [0.25, 0.3) is 0 Å². The predicted molar refractivity (Wildman–Crippen MR) is 83.2 cm³/mol. The Balaban J connectivity index is 2.10. The lowest BCUT2D eigenvalue weighted by atomic mass is 9.84. The Morgan fingerprint density at radius 2 is 2.14 bits per heavy atom. The van der Waals surface area contributed by atoms with Gasteiger partial charge in [-0.1, -0.05) is 6.08 Å². The minimum atomic E-state index is -0.589. The van der Waals surface area contributed by atoms with Gasteiger partial charge in [-0.2, -0.15) is 0 Å². The SMILES string of the molecule is C=C[C@@H]([C@H]1COC(C)(C)O1)[C@@H](CCCl)C(=O)N1CCCC1. The number of hydrogen-bond acceptors (Lipinski definition) is 3. The summed E-state index contributed by atoms with van der Waals surface area (Å²) in [5.74, 6) is -0.162. The Kier molecular flexibility index (Phi) is 5.69. The Morgan fingerprint density at radius 1 is 1.48 bits per heavy atom. The van der Waals surface area contributed by atoms with Crippen molar-refractivity contribution in [1.29, 1.82) is 0 Å². The average molecular weight is 316 g/mol. The topological polar surface area (TPSA) is 38.8 Å². The minimum Gasteiger partial charge on any atom is -0.348 e. The number of halogens is 1. The molecule has 2 aliphatic rings. The van der Waals surface area contributed by atoms with E-state index in [2.05, 4.69) is 6.58 Å². The van der Waals surface area contributed by atoms with Gasteiger partial charge in [-0.3, -0.25) is 4.79 Å². The summed E-state index contributed by atoms with van der Waals surface area (Å²) >= 11 is 5.93. The molecule has 4 nitrogen and oxygen atoms in total. The summed E-state index contributed by atoms with van der Waals surface area (Å²) in [7, 11) is 0. The van der Waals surface area contributed by atoms with Crippen LogP contribution in [0.2, 0.25) is 0 Å². The summed E-state index contributed by atoms with van der Waals surface area (Å²) in [5, 5.41) is 0. The summed E-state index contributed by atoms with van der Waals surface area (Å²) in [6.07, 6.45) is 4.54. The lowest BCUT2D eigenvalue weighted by Crippen LogP contribution is -2.41. The highest BCUT2D eigenvalue weighted by atomic mass is 35.5. The van der Waals surface area contributed by atoms with E-state index in [1.54, 1.807) is 0 Å². The summed E-state index contributed by atoms with van der Waals surface area (Å²) in [6, 6.07) is 0. The fraction of sp³-hybridized carbons (Fsp3) is 0.812. The van der Waals surface area contributed by atoms with Crippen LogP contribution in [-0.4, -0.2) is 48.3 Å². The van der Waals surface area contributed by atoms with E-state index in [-0.39, 0.29) is 23.8 Å². The van der Waals surface area contributed by atoms with Crippen molar-refractivity contribution in [3.8, 4) is 0 Å². The van der Waals surface area contributed by atoms with Crippen molar-refractivity contribution in [3.05, 3.63) is 12.7 Å². The number of likely N-dealkylation sites (tertiary alicyclic amines) is 1. The van der Waals surface area contributed by atoms with Gasteiger partial charge in [0.05, 0.1) is 12.7 Å². The molecule has 2 heterocycles. The molecule has 0 spiro atoms. The zero-order valence-electron chi connectivity index (χ0n) is 13.0. The first-order chi connectivity index (χ1) is 9.98. The zero-order chi connectivity index (χ0) is 15.5. The van der Waals surface area contributed by atoms with Gasteiger partial charge in [0.1, 0.15) is 0 Å². The largest absolute Gasteiger partial charge is 0.348 e. The molecule has 0 aromatic carbocycles. The van der Waals surface area contributed by atoms with E-state index in [4.69, 9.17) is 21.1 Å². The van der Waals surface area contributed by atoms with Crippen LogP contribution >= 0.6 is 11.6 Å². The van der Waals surface area contributed by atoms with E-state index < -0.39 is 5.79 Å². The third kappa shape index (κ3) is 3.99. The second-order valence-corrected chi connectivity index (χ2v) is 6.67. The lowest BCUT2D eigenvalue weighted by molar-refractivity contribution is -0.150. The molecule has 2 rings (SSSR count). The van der Waals surface area contributed by atoms with Gasteiger partial charge in [-0.15, -0.1) is 18.2 Å². The number of hydrogen-bond donors (Lipinski definition) is 0. The summed E-state index contributed by atoms with van der Waals surface area (Å²) < 4.78 is 11.6. The molecule has 120 valence electrons. The maximum Gasteiger partial charge on any atom is 0.226 e. The van der Waals surface area contributed by atoms with Crippen LogP contribution in [0.3, 0.4) is 0 Å². The van der Waals surface area contributed by atoms with Gasteiger partial charge in [0.15, 0.2) is 5.79 Å². The van der Waals surface area contributed by atoms with Crippen LogP contribution in [0.15, 0.2) is 12.7 Å². The number of alkyl halides is 1. The van der Waals surface area contributed by atoms with Gasteiger partial charge < -0.3 is 14.4 Å². The van der Waals surface area contributed by atoms with Crippen molar-refractivity contribution in [1.82, 2.24) is 4.90 Å². The van der Waals surface area contributed by atoms with E-state index in [1.807, 2.05) is 24.8 Å². The number of carbonyl (C=O) groups excluding carboxylic acids is 1. The van der Waals surface area contributed by atoms with Gasteiger partial charge >= 0.3 is 0 Å². The molecule has 2 fully saturated rings. The van der Waals surface area contributed by atoms with Crippen molar-refractivity contribution < 1.29 is 14.3 Å². The molecular weight excluding hydrogens is 290 g/mol. The van der Waals surface area contributed by atoms with Crippen LogP contribution in [0.4, 0.5) is 0 Å². The van der Waals surface area contributed by atoms with Gasteiger partial charge in [0.25, 0.3) is 0 Å². The highest BCUT2D eigenvalue weighted by molar-refractivity contribution is 6.18. The Labute approximate surface area is 132 Å². The van der Waals surface area contributed by atoms with Crippen molar-refractivity contribution >= 4 is 17.5 Å². The highest BCUT2D eigenvalue weighted by Gasteiger charge is 2.42. The van der Waals surface area contributed by atoms with Crippen molar-refractivity contribution in [2.75, 3.05) is 25.6 Å². The Hall–Kier alpha value is -0.580. The summed E-state index contributed by atoms with van der Waals surface area (Å²) in [5.41, 5.74) is 0. The first-order valence-electron chi connectivity index (χ1n) is 7.77. The molecule has 5 heteroatoms. The van der Waals surface area contributed by atoms with Gasteiger partial charge in [0, 0.05) is 30.8 Å². The molecule has 2 aliphatic heterocycles. The lowest BCUT2D eigenvalue weighted by Gasteiger charge is -2.31. The second-order valence-electron chi connectivity index (χ2n) is 6.30. The molecule has 3 atom stereocenters.